The summed E-state index contributed by atoms with van der Waals surface area (Å²) in [5.74, 6) is -0.463. The number of hydrogen-bond donors (Lipinski definition) is 2. The second kappa shape index (κ2) is 6.06. The molecule has 0 amide bonds. The largest absolute Gasteiger partial charge is 0.508 e. The van der Waals surface area contributed by atoms with Crippen molar-refractivity contribution in [1.82, 2.24) is 0 Å². The predicted octanol–water partition coefficient (Wildman–Crippen LogP) is 4.78. The van der Waals surface area contributed by atoms with E-state index in [9.17, 15) is 15.0 Å². The number of aliphatic hydroxyl groups is 1. The van der Waals surface area contributed by atoms with Crippen LogP contribution in [0.3, 0.4) is 0 Å². The average Bonchev–Trinajstić information content (AvgIpc) is 2.93. The first-order chi connectivity index (χ1) is 13.7. The third kappa shape index (κ3) is 2.43. The smallest absolute Gasteiger partial charge is 0.341 e. The summed E-state index contributed by atoms with van der Waals surface area (Å²) < 4.78 is 11.8. The standard InChI is InChI=1S/C20H10Cl4O5/c21-11-3-1-2-10-14(11)18(26)29-20(10)9-5-4-8(25)6-12(9)28-13-7-19(24,27)17(23)16(22)15(13)20/h1-7,17,25,27H. The van der Waals surface area contributed by atoms with Crippen molar-refractivity contribution in [3.05, 3.63) is 80.6 Å². The number of fused-ring (bicyclic) bond motifs is 6. The van der Waals surface area contributed by atoms with E-state index in [-0.39, 0.29) is 38.4 Å². The zero-order chi connectivity index (χ0) is 20.7. The molecule has 1 spiro atoms. The van der Waals surface area contributed by atoms with Gasteiger partial charge >= 0.3 is 5.97 Å². The average molecular weight is 472 g/mol. The van der Waals surface area contributed by atoms with Gasteiger partial charge in [-0.15, -0.1) is 11.6 Å². The van der Waals surface area contributed by atoms with Crippen LogP contribution < -0.4 is 4.74 Å². The van der Waals surface area contributed by atoms with E-state index in [2.05, 4.69) is 0 Å². The lowest BCUT2D eigenvalue weighted by Gasteiger charge is -2.42. The van der Waals surface area contributed by atoms with Crippen molar-refractivity contribution >= 4 is 52.4 Å². The molecule has 0 bridgehead atoms. The van der Waals surface area contributed by atoms with Crippen molar-refractivity contribution in [3.63, 3.8) is 0 Å². The molecule has 3 atom stereocenters. The summed E-state index contributed by atoms with van der Waals surface area (Å²) in [5.41, 5.74) is -0.268. The molecule has 0 saturated heterocycles. The zero-order valence-electron chi connectivity index (χ0n) is 14.2. The van der Waals surface area contributed by atoms with Crippen molar-refractivity contribution in [2.24, 2.45) is 0 Å². The summed E-state index contributed by atoms with van der Waals surface area (Å²) in [6, 6.07) is 9.30. The molecule has 2 aromatic rings. The molecule has 148 valence electrons. The molecule has 2 heterocycles. The monoisotopic (exact) mass is 470 g/mol. The quantitative estimate of drug-likeness (QED) is 0.427. The van der Waals surface area contributed by atoms with Gasteiger partial charge in [-0.3, -0.25) is 0 Å². The molecule has 0 aromatic heterocycles. The number of ether oxygens (including phenoxy) is 2. The number of carbonyl (C=O) groups excluding carboxylic acids is 1. The van der Waals surface area contributed by atoms with Crippen LogP contribution in [0.5, 0.6) is 11.5 Å². The lowest BCUT2D eigenvalue weighted by molar-refractivity contribution is 0.0192. The van der Waals surface area contributed by atoms with E-state index in [0.29, 0.717) is 11.1 Å². The Kier molecular flexibility index (Phi) is 3.99. The van der Waals surface area contributed by atoms with Crippen molar-refractivity contribution in [3.8, 4) is 11.5 Å². The Morgan fingerprint density at radius 3 is 2.62 bits per heavy atom. The van der Waals surface area contributed by atoms with E-state index in [4.69, 9.17) is 55.9 Å². The van der Waals surface area contributed by atoms with Gasteiger partial charge in [0.15, 0.2) is 10.7 Å². The predicted molar refractivity (Wildman–Crippen MR) is 108 cm³/mol. The Labute approximate surface area is 184 Å². The van der Waals surface area contributed by atoms with Crippen LogP contribution in [0.4, 0.5) is 0 Å². The number of phenols is 1. The number of aromatic hydroxyl groups is 1. The highest BCUT2D eigenvalue weighted by Gasteiger charge is 2.59. The molecule has 0 saturated carbocycles. The highest BCUT2D eigenvalue weighted by Crippen LogP contribution is 2.60. The van der Waals surface area contributed by atoms with Crippen molar-refractivity contribution < 1.29 is 24.5 Å². The topological polar surface area (TPSA) is 76.0 Å². The third-order valence-corrected chi connectivity index (χ3v) is 6.98. The number of halogens is 4. The van der Waals surface area contributed by atoms with E-state index in [1.807, 2.05) is 0 Å². The van der Waals surface area contributed by atoms with Crippen LogP contribution in [0.15, 0.2) is 58.8 Å². The Morgan fingerprint density at radius 1 is 1.10 bits per heavy atom. The van der Waals surface area contributed by atoms with Crippen LogP contribution in [0.2, 0.25) is 5.02 Å². The van der Waals surface area contributed by atoms with Gasteiger partial charge in [0.05, 0.1) is 21.2 Å². The normalized spacial score (nSPS) is 29.6. The van der Waals surface area contributed by atoms with Crippen LogP contribution in [-0.2, 0) is 10.3 Å². The fourth-order valence-corrected chi connectivity index (χ4v) is 5.05. The van der Waals surface area contributed by atoms with Gasteiger partial charge in [0.2, 0.25) is 0 Å². The van der Waals surface area contributed by atoms with E-state index in [1.54, 1.807) is 24.3 Å². The van der Waals surface area contributed by atoms with Crippen LogP contribution >= 0.6 is 46.4 Å². The van der Waals surface area contributed by atoms with Crippen molar-refractivity contribution in [2.45, 2.75) is 16.0 Å². The first kappa shape index (κ1) is 19.1. The van der Waals surface area contributed by atoms with Crippen LogP contribution in [0.1, 0.15) is 21.5 Å². The van der Waals surface area contributed by atoms with Crippen molar-refractivity contribution in [2.75, 3.05) is 0 Å². The number of carbonyl (C=O) groups is 1. The fourth-order valence-electron chi connectivity index (χ4n) is 3.97. The molecule has 9 heteroatoms. The maximum Gasteiger partial charge on any atom is 0.341 e. The van der Waals surface area contributed by atoms with Gasteiger partial charge in [-0.2, -0.15) is 0 Å². The number of phenolic OH excluding ortho intramolecular Hbond substituents is 1. The molecule has 5 nitrogen and oxygen atoms in total. The van der Waals surface area contributed by atoms with Crippen molar-refractivity contribution in [1.29, 1.82) is 0 Å². The molecule has 3 unspecified atom stereocenters. The first-order valence-electron chi connectivity index (χ1n) is 8.39. The summed E-state index contributed by atoms with van der Waals surface area (Å²) in [7, 11) is 0. The van der Waals surface area contributed by atoms with Crippen LogP contribution in [0, 0.1) is 0 Å². The third-order valence-electron chi connectivity index (χ3n) is 5.16. The summed E-state index contributed by atoms with van der Waals surface area (Å²) >= 11 is 25.3. The molecule has 2 N–H and O–H groups in total. The van der Waals surface area contributed by atoms with E-state index in [1.165, 1.54) is 18.2 Å². The van der Waals surface area contributed by atoms with E-state index < -0.39 is 22.0 Å². The molecular formula is C20H10Cl4O5. The zero-order valence-corrected chi connectivity index (χ0v) is 17.3. The van der Waals surface area contributed by atoms with Crippen LogP contribution in [-0.4, -0.2) is 26.6 Å². The summed E-state index contributed by atoms with van der Waals surface area (Å²) in [6.45, 7) is 0. The minimum atomic E-state index is -2.03. The number of hydrogen-bond acceptors (Lipinski definition) is 5. The van der Waals surface area contributed by atoms with Gasteiger partial charge in [0, 0.05) is 23.3 Å². The van der Waals surface area contributed by atoms with Crippen LogP contribution in [0.25, 0.3) is 0 Å². The van der Waals surface area contributed by atoms with E-state index in [0.717, 1.165) is 0 Å². The first-order valence-corrected chi connectivity index (χ1v) is 9.96. The summed E-state index contributed by atoms with van der Waals surface area (Å²) in [6.07, 6.45) is 1.19. The molecule has 0 fully saturated rings. The molecular weight excluding hydrogens is 462 g/mol. The molecule has 2 aliphatic heterocycles. The molecule has 3 aliphatic rings. The summed E-state index contributed by atoms with van der Waals surface area (Å²) in [4.78, 5) is 12.8. The Balaban J connectivity index is 1.93. The highest BCUT2D eigenvalue weighted by molar-refractivity contribution is 6.42. The van der Waals surface area contributed by atoms with Gasteiger partial charge in [-0.1, -0.05) is 46.9 Å². The molecule has 29 heavy (non-hydrogen) atoms. The maximum atomic E-state index is 12.8. The van der Waals surface area contributed by atoms with Gasteiger partial charge in [-0.25, -0.2) is 4.79 Å². The fraction of sp³-hybridized carbons (Fsp3) is 0.150. The molecule has 1 aliphatic carbocycles. The minimum absolute atomic E-state index is 0.0407. The molecule has 2 aromatic carbocycles. The Morgan fingerprint density at radius 2 is 1.86 bits per heavy atom. The maximum absolute atomic E-state index is 12.8. The summed E-state index contributed by atoms with van der Waals surface area (Å²) in [5, 5.41) is 17.3. The number of esters is 1. The highest BCUT2D eigenvalue weighted by atomic mass is 35.5. The SMILES string of the molecule is O=C1OC2(C3=C(Cl)C(Cl)C(O)(Cl)C=C3Oc3cc(O)ccc32)c2cccc(Cl)c21. The lowest BCUT2D eigenvalue weighted by atomic mass is 9.74. The van der Waals surface area contributed by atoms with Gasteiger partial charge in [-0.05, 0) is 18.2 Å². The second-order valence-electron chi connectivity index (χ2n) is 6.84. The lowest BCUT2D eigenvalue weighted by Crippen LogP contribution is -2.44. The number of rotatable bonds is 0. The van der Waals surface area contributed by atoms with Gasteiger partial charge in [0.25, 0.3) is 0 Å². The van der Waals surface area contributed by atoms with E-state index >= 15 is 0 Å². The molecule has 0 radical (unpaired) electrons. The number of alkyl halides is 2. The number of benzene rings is 2. The second-order valence-corrected chi connectivity index (χ2v) is 8.69. The minimum Gasteiger partial charge on any atom is -0.508 e. The Bertz CT molecular complexity index is 1170. The molecule has 5 rings (SSSR count). The van der Waals surface area contributed by atoms with Gasteiger partial charge < -0.3 is 19.7 Å². The van der Waals surface area contributed by atoms with Gasteiger partial charge in [0.1, 0.15) is 22.6 Å². The Hall–Kier alpha value is -1.89.